The van der Waals surface area contributed by atoms with Crippen LogP contribution in [0.15, 0.2) is 84.9 Å². The molecule has 0 radical (unpaired) electrons. The highest BCUT2D eigenvalue weighted by Gasteiger charge is 2.30. The lowest BCUT2D eigenvalue weighted by Gasteiger charge is -2.25. The molecule has 0 aliphatic heterocycles. The van der Waals surface area contributed by atoms with Gasteiger partial charge in [-0.05, 0) is 35.2 Å². The number of carboxylic acid groups (broad SMARTS) is 1. The van der Waals surface area contributed by atoms with E-state index in [2.05, 4.69) is 28.6 Å². The highest BCUT2D eigenvalue weighted by atomic mass is 32.1. The highest BCUT2D eigenvalue weighted by Crippen LogP contribution is 2.12. The van der Waals surface area contributed by atoms with Crippen molar-refractivity contribution in [1.29, 1.82) is 0 Å². The van der Waals surface area contributed by atoms with Crippen LogP contribution in [0.3, 0.4) is 0 Å². The fourth-order valence-corrected chi connectivity index (χ4v) is 4.36. The molecule has 11 heteroatoms. The van der Waals surface area contributed by atoms with Crippen molar-refractivity contribution in [2.45, 2.75) is 43.4 Å². The zero-order valence-electron chi connectivity index (χ0n) is 22.3. The zero-order chi connectivity index (χ0) is 29.8. The van der Waals surface area contributed by atoms with Crippen molar-refractivity contribution >= 4 is 36.3 Å². The minimum Gasteiger partial charge on any atom is -0.508 e. The number of thiol groups is 1. The molecule has 0 aromatic heterocycles. The Balaban J connectivity index is 1.72. The molecular formula is C30H34N4O6S. The number of hydrogen-bond acceptors (Lipinski definition) is 7. The largest absolute Gasteiger partial charge is 0.508 e. The predicted molar refractivity (Wildman–Crippen MR) is 157 cm³/mol. The van der Waals surface area contributed by atoms with Gasteiger partial charge in [-0.1, -0.05) is 72.8 Å². The molecule has 4 unspecified atom stereocenters. The molecule has 0 heterocycles. The van der Waals surface area contributed by atoms with E-state index in [1.165, 1.54) is 12.1 Å². The first-order chi connectivity index (χ1) is 19.7. The van der Waals surface area contributed by atoms with Crippen LogP contribution in [0.2, 0.25) is 0 Å². The molecule has 0 fully saturated rings. The van der Waals surface area contributed by atoms with E-state index in [1.54, 1.807) is 42.5 Å². The van der Waals surface area contributed by atoms with E-state index in [4.69, 9.17) is 5.73 Å². The van der Waals surface area contributed by atoms with Crippen molar-refractivity contribution in [3.8, 4) is 5.75 Å². The number of phenols is 1. The SMILES string of the molecule is NC(Cc1ccccc1)C(=O)NC(CS)C(=O)NC(Cc1ccc(O)cc1)C(=O)NC(Cc1ccccc1)C(=O)O. The van der Waals surface area contributed by atoms with Crippen LogP contribution in [0, 0.1) is 0 Å². The van der Waals surface area contributed by atoms with Crippen LogP contribution < -0.4 is 21.7 Å². The molecule has 0 aliphatic rings. The number of amides is 3. The van der Waals surface area contributed by atoms with E-state index in [9.17, 15) is 29.4 Å². The Hall–Kier alpha value is -4.35. The van der Waals surface area contributed by atoms with Crippen LogP contribution in [-0.4, -0.2) is 63.8 Å². The van der Waals surface area contributed by atoms with Crippen LogP contribution in [0.1, 0.15) is 16.7 Å². The number of aliphatic carboxylic acids is 1. The molecule has 7 N–H and O–H groups in total. The second kappa shape index (κ2) is 15.4. The Morgan fingerprint density at radius 3 is 1.61 bits per heavy atom. The van der Waals surface area contributed by atoms with E-state index in [0.29, 0.717) is 11.1 Å². The summed E-state index contributed by atoms with van der Waals surface area (Å²) in [6.45, 7) is 0. The third-order valence-electron chi connectivity index (χ3n) is 6.36. The number of carbonyl (C=O) groups is 4. The second-order valence-electron chi connectivity index (χ2n) is 9.56. The van der Waals surface area contributed by atoms with Crippen molar-refractivity contribution in [3.63, 3.8) is 0 Å². The van der Waals surface area contributed by atoms with Gasteiger partial charge in [0.2, 0.25) is 17.7 Å². The van der Waals surface area contributed by atoms with Crippen molar-refractivity contribution in [2.24, 2.45) is 5.73 Å². The Kier molecular flexibility index (Phi) is 11.7. The summed E-state index contributed by atoms with van der Waals surface area (Å²) < 4.78 is 0. The van der Waals surface area contributed by atoms with Crippen LogP contribution in [-0.2, 0) is 38.4 Å². The number of benzene rings is 3. The fraction of sp³-hybridized carbons (Fsp3) is 0.267. The van der Waals surface area contributed by atoms with Crippen molar-refractivity contribution in [1.82, 2.24) is 16.0 Å². The summed E-state index contributed by atoms with van der Waals surface area (Å²) in [7, 11) is 0. The first kappa shape index (κ1) is 31.2. The molecule has 4 atom stereocenters. The number of aromatic hydroxyl groups is 1. The van der Waals surface area contributed by atoms with Crippen LogP contribution >= 0.6 is 12.6 Å². The summed E-state index contributed by atoms with van der Waals surface area (Å²) in [5.74, 6) is -3.25. The van der Waals surface area contributed by atoms with Crippen LogP contribution in [0.25, 0.3) is 0 Å². The second-order valence-corrected chi connectivity index (χ2v) is 9.93. The molecule has 216 valence electrons. The van der Waals surface area contributed by atoms with E-state index in [-0.39, 0.29) is 30.8 Å². The summed E-state index contributed by atoms with van der Waals surface area (Å²) >= 11 is 4.20. The van der Waals surface area contributed by atoms with Gasteiger partial charge in [0, 0.05) is 18.6 Å². The van der Waals surface area contributed by atoms with E-state index < -0.39 is 47.9 Å². The van der Waals surface area contributed by atoms with E-state index in [1.807, 2.05) is 30.3 Å². The number of nitrogens with one attached hydrogen (secondary N) is 3. The molecule has 0 saturated carbocycles. The van der Waals surface area contributed by atoms with Crippen molar-refractivity contribution < 1.29 is 29.4 Å². The number of rotatable bonds is 14. The topological polar surface area (TPSA) is 171 Å². The number of carboxylic acids is 1. The summed E-state index contributed by atoms with van der Waals surface area (Å²) in [6, 6.07) is 19.6. The molecule has 0 aliphatic carbocycles. The molecule has 0 bridgehead atoms. The van der Waals surface area contributed by atoms with Gasteiger partial charge >= 0.3 is 5.97 Å². The summed E-state index contributed by atoms with van der Waals surface area (Å²) in [5, 5.41) is 27.1. The standard InChI is InChI=1S/C30H34N4O6S/c31-23(15-19-7-3-1-4-8-19)27(36)34-26(18-41)29(38)32-24(16-21-11-13-22(35)14-12-21)28(37)33-25(30(39)40)17-20-9-5-2-6-10-20/h1-14,23-26,35,41H,15-18,31H2,(H,32,38)(H,33,37)(H,34,36)(H,39,40). The normalized spacial score (nSPS) is 13.7. The van der Waals surface area contributed by atoms with E-state index in [0.717, 1.165) is 5.56 Å². The van der Waals surface area contributed by atoms with Gasteiger partial charge < -0.3 is 31.9 Å². The maximum atomic E-state index is 13.3. The summed E-state index contributed by atoms with van der Waals surface area (Å²) in [4.78, 5) is 51.2. The molecule has 0 saturated heterocycles. The quantitative estimate of drug-likeness (QED) is 0.141. The minimum absolute atomic E-state index is 0.00368. The molecule has 3 aromatic carbocycles. The smallest absolute Gasteiger partial charge is 0.326 e. The number of phenolic OH excluding ortho intramolecular Hbond substituents is 1. The third kappa shape index (κ3) is 9.96. The van der Waals surface area contributed by atoms with Crippen molar-refractivity contribution in [2.75, 3.05) is 5.75 Å². The Morgan fingerprint density at radius 2 is 1.07 bits per heavy atom. The van der Waals surface area contributed by atoms with Crippen LogP contribution in [0.5, 0.6) is 5.75 Å². The first-order valence-corrected chi connectivity index (χ1v) is 13.7. The van der Waals surface area contributed by atoms with Crippen molar-refractivity contribution in [3.05, 3.63) is 102 Å². The molecule has 41 heavy (non-hydrogen) atoms. The predicted octanol–water partition coefficient (Wildman–Crippen LogP) is 1.22. The molecule has 10 nitrogen and oxygen atoms in total. The van der Waals surface area contributed by atoms with Gasteiger partial charge in [0.1, 0.15) is 23.9 Å². The van der Waals surface area contributed by atoms with Gasteiger partial charge in [-0.25, -0.2) is 4.79 Å². The molecule has 3 amide bonds. The van der Waals surface area contributed by atoms with Gasteiger partial charge in [0.05, 0.1) is 6.04 Å². The van der Waals surface area contributed by atoms with Gasteiger partial charge in [-0.3, -0.25) is 14.4 Å². The number of carbonyl (C=O) groups excluding carboxylic acids is 3. The average molecular weight is 579 g/mol. The Morgan fingerprint density at radius 1 is 0.634 bits per heavy atom. The van der Waals surface area contributed by atoms with Gasteiger partial charge in [-0.15, -0.1) is 0 Å². The lowest BCUT2D eigenvalue weighted by atomic mass is 10.0. The monoisotopic (exact) mass is 578 g/mol. The lowest BCUT2D eigenvalue weighted by molar-refractivity contribution is -0.142. The van der Waals surface area contributed by atoms with Gasteiger partial charge in [0.15, 0.2) is 0 Å². The maximum Gasteiger partial charge on any atom is 0.326 e. The van der Waals surface area contributed by atoms with Crippen LogP contribution in [0.4, 0.5) is 0 Å². The Labute approximate surface area is 243 Å². The minimum atomic E-state index is -1.25. The Bertz CT molecular complexity index is 1310. The highest BCUT2D eigenvalue weighted by molar-refractivity contribution is 7.80. The lowest BCUT2D eigenvalue weighted by Crippen LogP contribution is -2.58. The zero-order valence-corrected chi connectivity index (χ0v) is 23.2. The van der Waals surface area contributed by atoms with Gasteiger partial charge in [-0.2, -0.15) is 12.6 Å². The van der Waals surface area contributed by atoms with Gasteiger partial charge in [0.25, 0.3) is 0 Å². The molecule has 0 spiro atoms. The number of nitrogens with two attached hydrogens (primary N) is 1. The third-order valence-corrected chi connectivity index (χ3v) is 6.72. The fourth-order valence-electron chi connectivity index (χ4n) is 4.11. The summed E-state index contributed by atoms with van der Waals surface area (Å²) in [5.41, 5.74) is 8.23. The van der Waals surface area contributed by atoms with E-state index >= 15 is 0 Å². The summed E-state index contributed by atoms with van der Waals surface area (Å²) in [6.07, 6.45) is 0.296. The molecule has 3 aromatic rings. The molecular weight excluding hydrogens is 544 g/mol. The number of hydrogen-bond donors (Lipinski definition) is 7. The molecule has 3 rings (SSSR count). The first-order valence-electron chi connectivity index (χ1n) is 13.0. The average Bonchev–Trinajstić information content (AvgIpc) is 2.97. The maximum absolute atomic E-state index is 13.3.